The predicted molar refractivity (Wildman–Crippen MR) is 71.7 cm³/mol. The molecule has 2 aromatic rings. The highest BCUT2D eigenvalue weighted by Gasteiger charge is 2.08. The minimum absolute atomic E-state index is 0.0985. The van der Waals surface area contributed by atoms with Crippen molar-refractivity contribution in [2.75, 3.05) is 6.61 Å². The van der Waals surface area contributed by atoms with Crippen LogP contribution in [0.4, 0.5) is 0 Å². The number of esters is 1. The Morgan fingerprint density at radius 1 is 1.39 bits per heavy atom. The SMILES string of the molecule is CCOC(=O)CCCc1c(C)cn2ccccc12. The maximum atomic E-state index is 11.3. The van der Waals surface area contributed by atoms with Crippen LogP contribution in [0.5, 0.6) is 0 Å². The Hall–Kier alpha value is -1.77. The molecule has 0 saturated carbocycles. The van der Waals surface area contributed by atoms with Crippen molar-refractivity contribution in [3.05, 3.63) is 41.7 Å². The van der Waals surface area contributed by atoms with E-state index in [4.69, 9.17) is 4.74 Å². The standard InChI is InChI=1S/C15H19NO2/c1-3-18-15(17)9-6-7-13-12(2)11-16-10-5-4-8-14(13)16/h4-5,8,10-11H,3,6-7,9H2,1-2H3. The van der Waals surface area contributed by atoms with Gasteiger partial charge in [-0.2, -0.15) is 0 Å². The van der Waals surface area contributed by atoms with Crippen LogP contribution >= 0.6 is 0 Å². The van der Waals surface area contributed by atoms with E-state index < -0.39 is 0 Å². The van der Waals surface area contributed by atoms with Crippen LogP contribution in [0, 0.1) is 6.92 Å². The molecule has 3 nitrogen and oxygen atoms in total. The number of aryl methyl sites for hydroxylation is 2. The van der Waals surface area contributed by atoms with Gasteiger partial charge in [0, 0.05) is 24.3 Å². The van der Waals surface area contributed by atoms with Crippen molar-refractivity contribution in [3.63, 3.8) is 0 Å². The molecule has 2 aromatic heterocycles. The first-order chi connectivity index (χ1) is 8.72. The number of rotatable bonds is 5. The van der Waals surface area contributed by atoms with Crippen LogP contribution in [0.1, 0.15) is 30.9 Å². The summed E-state index contributed by atoms with van der Waals surface area (Å²) in [6, 6.07) is 6.19. The van der Waals surface area contributed by atoms with E-state index in [1.54, 1.807) is 0 Å². The van der Waals surface area contributed by atoms with Gasteiger partial charge >= 0.3 is 5.97 Å². The molecule has 0 atom stereocenters. The topological polar surface area (TPSA) is 30.7 Å². The predicted octanol–water partition coefficient (Wildman–Crippen LogP) is 3.13. The zero-order valence-electron chi connectivity index (χ0n) is 11.0. The molecule has 0 aliphatic heterocycles. The Kier molecular flexibility index (Phi) is 4.03. The van der Waals surface area contributed by atoms with Gasteiger partial charge in [0.05, 0.1) is 6.61 Å². The van der Waals surface area contributed by atoms with Crippen LogP contribution in [0.15, 0.2) is 30.6 Å². The van der Waals surface area contributed by atoms with Gasteiger partial charge < -0.3 is 9.14 Å². The normalized spacial score (nSPS) is 10.8. The first-order valence-corrected chi connectivity index (χ1v) is 6.43. The van der Waals surface area contributed by atoms with E-state index >= 15 is 0 Å². The largest absolute Gasteiger partial charge is 0.466 e. The number of fused-ring (bicyclic) bond motifs is 1. The van der Waals surface area contributed by atoms with Gasteiger partial charge in [-0.15, -0.1) is 0 Å². The van der Waals surface area contributed by atoms with E-state index in [1.165, 1.54) is 16.6 Å². The van der Waals surface area contributed by atoms with Crippen LogP contribution in [0.25, 0.3) is 5.52 Å². The molecule has 3 heteroatoms. The van der Waals surface area contributed by atoms with Crippen molar-refractivity contribution >= 4 is 11.5 Å². The lowest BCUT2D eigenvalue weighted by atomic mass is 10.1. The molecule has 0 aliphatic rings. The summed E-state index contributed by atoms with van der Waals surface area (Å²) in [5.41, 5.74) is 3.85. The van der Waals surface area contributed by atoms with Gasteiger partial charge in [-0.3, -0.25) is 4.79 Å². The highest BCUT2D eigenvalue weighted by molar-refractivity contribution is 5.69. The molecule has 0 bridgehead atoms. The molecule has 0 N–H and O–H groups in total. The minimum Gasteiger partial charge on any atom is -0.466 e. The quantitative estimate of drug-likeness (QED) is 0.758. The molecule has 18 heavy (non-hydrogen) atoms. The second kappa shape index (κ2) is 5.71. The number of hydrogen-bond donors (Lipinski definition) is 0. The highest BCUT2D eigenvalue weighted by Crippen LogP contribution is 2.20. The van der Waals surface area contributed by atoms with E-state index in [0.29, 0.717) is 13.0 Å². The Balaban J connectivity index is 2.03. The van der Waals surface area contributed by atoms with Crippen LogP contribution in [-0.2, 0) is 16.0 Å². The molecule has 0 radical (unpaired) electrons. The van der Waals surface area contributed by atoms with Gasteiger partial charge in [0.15, 0.2) is 0 Å². The number of nitrogens with zero attached hydrogens (tertiary/aromatic N) is 1. The van der Waals surface area contributed by atoms with Gasteiger partial charge in [-0.05, 0) is 49.9 Å². The summed E-state index contributed by atoms with van der Waals surface area (Å²) in [7, 11) is 0. The minimum atomic E-state index is -0.0985. The first-order valence-electron chi connectivity index (χ1n) is 6.43. The van der Waals surface area contributed by atoms with E-state index in [1.807, 2.05) is 19.1 Å². The van der Waals surface area contributed by atoms with Crippen molar-refractivity contribution in [1.29, 1.82) is 0 Å². The number of hydrogen-bond acceptors (Lipinski definition) is 2. The third-order valence-electron chi connectivity index (χ3n) is 3.12. The third kappa shape index (κ3) is 2.73. The fourth-order valence-electron chi connectivity index (χ4n) is 2.28. The Morgan fingerprint density at radius 3 is 3.00 bits per heavy atom. The number of carbonyl (C=O) groups excluding carboxylic acids is 1. The summed E-state index contributed by atoms with van der Waals surface area (Å²) in [4.78, 5) is 11.3. The van der Waals surface area contributed by atoms with Gasteiger partial charge in [-0.25, -0.2) is 0 Å². The molecule has 0 amide bonds. The lowest BCUT2D eigenvalue weighted by molar-refractivity contribution is -0.143. The molecular formula is C15H19NO2. The number of aromatic nitrogens is 1. The summed E-state index contributed by atoms with van der Waals surface area (Å²) >= 11 is 0. The molecule has 0 fully saturated rings. The van der Waals surface area contributed by atoms with Crippen LogP contribution in [-0.4, -0.2) is 17.0 Å². The highest BCUT2D eigenvalue weighted by atomic mass is 16.5. The average molecular weight is 245 g/mol. The zero-order valence-corrected chi connectivity index (χ0v) is 11.0. The van der Waals surface area contributed by atoms with E-state index in [2.05, 4.69) is 29.8 Å². The fraction of sp³-hybridized carbons (Fsp3) is 0.400. The van der Waals surface area contributed by atoms with Gasteiger partial charge in [0.25, 0.3) is 0 Å². The molecule has 0 unspecified atom stereocenters. The van der Waals surface area contributed by atoms with Crippen LogP contribution in [0.2, 0.25) is 0 Å². The first kappa shape index (κ1) is 12.7. The Bertz CT molecular complexity index is 542. The Labute approximate surface area is 107 Å². The van der Waals surface area contributed by atoms with Crippen molar-refractivity contribution in [2.24, 2.45) is 0 Å². The summed E-state index contributed by atoms with van der Waals surface area (Å²) in [6.45, 7) is 4.42. The number of pyridine rings is 1. The third-order valence-corrected chi connectivity index (χ3v) is 3.12. The summed E-state index contributed by atoms with van der Waals surface area (Å²) in [6.07, 6.45) is 6.45. The molecule has 0 aliphatic carbocycles. The van der Waals surface area contributed by atoms with Gasteiger partial charge in [0.2, 0.25) is 0 Å². The maximum Gasteiger partial charge on any atom is 0.305 e. The molecule has 96 valence electrons. The van der Waals surface area contributed by atoms with Crippen LogP contribution < -0.4 is 0 Å². The van der Waals surface area contributed by atoms with Gasteiger partial charge in [0.1, 0.15) is 0 Å². The molecular weight excluding hydrogens is 226 g/mol. The Morgan fingerprint density at radius 2 is 2.22 bits per heavy atom. The lowest BCUT2D eigenvalue weighted by Gasteiger charge is -2.03. The number of carbonyl (C=O) groups is 1. The molecule has 2 rings (SSSR count). The van der Waals surface area contributed by atoms with Crippen molar-refractivity contribution in [3.8, 4) is 0 Å². The molecule has 0 spiro atoms. The molecule has 0 aromatic carbocycles. The lowest BCUT2D eigenvalue weighted by Crippen LogP contribution is -2.04. The molecule has 0 saturated heterocycles. The maximum absolute atomic E-state index is 11.3. The van der Waals surface area contributed by atoms with Crippen molar-refractivity contribution < 1.29 is 9.53 Å². The zero-order chi connectivity index (χ0) is 13.0. The average Bonchev–Trinajstić information content (AvgIpc) is 2.66. The second-order valence-electron chi connectivity index (χ2n) is 4.44. The van der Waals surface area contributed by atoms with Gasteiger partial charge in [-0.1, -0.05) is 6.07 Å². The summed E-state index contributed by atoms with van der Waals surface area (Å²) in [5, 5.41) is 0. The van der Waals surface area contributed by atoms with E-state index in [0.717, 1.165) is 12.8 Å². The van der Waals surface area contributed by atoms with Crippen molar-refractivity contribution in [2.45, 2.75) is 33.1 Å². The fourth-order valence-corrected chi connectivity index (χ4v) is 2.28. The monoisotopic (exact) mass is 245 g/mol. The number of ether oxygens (including phenoxy) is 1. The summed E-state index contributed by atoms with van der Waals surface area (Å²) in [5.74, 6) is -0.0985. The molecule has 2 heterocycles. The van der Waals surface area contributed by atoms with E-state index in [9.17, 15) is 4.79 Å². The second-order valence-corrected chi connectivity index (χ2v) is 4.44. The van der Waals surface area contributed by atoms with Crippen LogP contribution in [0.3, 0.4) is 0 Å². The van der Waals surface area contributed by atoms with Crippen molar-refractivity contribution in [1.82, 2.24) is 4.40 Å². The summed E-state index contributed by atoms with van der Waals surface area (Å²) < 4.78 is 7.07. The van der Waals surface area contributed by atoms with E-state index in [-0.39, 0.29) is 5.97 Å². The smallest absolute Gasteiger partial charge is 0.305 e.